The third-order valence-electron chi connectivity index (χ3n) is 3.07. The summed E-state index contributed by atoms with van der Waals surface area (Å²) in [4.78, 5) is 23.2. The third kappa shape index (κ3) is 3.44. The number of furan rings is 1. The lowest BCUT2D eigenvalue weighted by molar-refractivity contribution is -0.142. The van der Waals surface area contributed by atoms with Crippen molar-refractivity contribution in [1.29, 1.82) is 0 Å². The van der Waals surface area contributed by atoms with Crippen molar-refractivity contribution < 1.29 is 29.0 Å². The van der Waals surface area contributed by atoms with Gasteiger partial charge in [-0.3, -0.25) is 4.79 Å². The highest BCUT2D eigenvalue weighted by Crippen LogP contribution is 2.21. The van der Waals surface area contributed by atoms with Crippen LogP contribution in [0.1, 0.15) is 22.2 Å². The number of aliphatic hydroxyl groups excluding tert-OH is 1. The minimum Gasteiger partial charge on any atom is -0.497 e. The first-order valence-corrected chi connectivity index (χ1v) is 6.42. The summed E-state index contributed by atoms with van der Waals surface area (Å²) in [6.45, 7) is 0. The summed E-state index contributed by atoms with van der Waals surface area (Å²) in [6, 6.07) is 7.62. The molecule has 0 aliphatic carbocycles. The monoisotopic (exact) mass is 305 g/mol. The molecule has 3 N–H and O–H groups in total. The van der Waals surface area contributed by atoms with E-state index in [0.29, 0.717) is 11.3 Å². The first-order chi connectivity index (χ1) is 10.5. The van der Waals surface area contributed by atoms with Crippen LogP contribution >= 0.6 is 0 Å². The number of aliphatic carboxylic acids is 1. The normalized spacial score (nSPS) is 13.2. The number of carbonyl (C=O) groups excluding carboxylic acids is 1. The van der Waals surface area contributed by atoms with E-state index in [9.17, 15) is 19.8 Å². The Balaban J connectivity index is 2.15. The number of carbonyl (C=O) groups is 2. The van der Waals surface area contributed by atoms with Gasteiger partial charge in [0.1, 0.15) is 11.9 Å². The molecule has 0 saturated heterocycles. The number of hydrogen-bond acceptors (Lipinski definition) is 5. The van der Waals surface area contributed by atoms with Crippen molar-refractivity contribution in [2.24, 2.45) is 0 Å². The van der Waals surface area contributed by atoms with Gasteiger partial charge < -0.3 is 24.7 Å². The molecular weight excluding hydrogens is 290 g/mol. The third-order valence-corrected chi connectivity index (χ3v) is 3.07. The zero-order chi connectivity index (χ0) is 16.1. The minimum absolute atomic E-state index is 0.0341. The van der Waals surface area contributed by atoms with Gasteiger partial charge in [0.2, 0.25) is 0 Å². The Morgan fingerprint density at radius 3 is 2.41 bits per heavy atom. The summed E-state index contributed by atoms with van der Waals surface area (Å²) in [7, 11) is 1.50. The molecule has 0 aliphatic heterocycles. The average molecular weight is 305 g/mol. The predicted octanol–water partition coefficient (Wildman–Crippen LogP) is 1.20. The first kappa shape index (κ1) is 15.6. The van der Waals surface area contributed by atoms with Crippen LogP contribution in [0.3, 0.4) is 0 Å². The van der Waals surface area contributed by atoms with Crippen molar-refractivity contribution in [2.45, 2.75) is 12.1 Å². The fourth-order valence-corrected chi connectivity index (χ4v) is 1.89. The smallest absolute Gasteiger partial charge is 0.329 e. The fourth-order valence-electron chi connectivity index (χ4n) is 1.89. The van der Waals surface area contributed by atoms with Gasteiger partial charge in [-0.25, -0.2) is 4.79 Å². The zero-order valence-electron chi connectivity index (χ0n) is 11.7. The topological polar surface area (TPSA) is 109 Å². The van der Waals surface area contributed by atoms with E-state index < -0.39 is 24.0 Å². The Morgan fingerprint density at radius 2 is 1.91 bits per heavy atom. The van der Waals surface area contributed by atoms with Gasteiger partial charge in [0, 0.05) is 0 Å². The van der Waals surface area contributed by atoms with Gasteiger partial charge in [-0.05, 0) is 29.8 Å². The van der Waals surface area contributed by atoms with Crippen LogP contribution in [0.25, 0.3) is 0 Å². The van der Waals surface area contributed by atoms with E-state index in [0.717, 1.165) is 0 Å². The van der Waals surface area contributed by atoms with Gasteiger partial charge >= 0.3 is 5.97 Å². The Labute approximate surface area is 126 Å². The Bertz CT molecular complexity index is 635. The summed E-state index contributed by atoms with van der Waals surface area (Å²) in [5.41, 5.74) is 0.341. The highest BCUT2D eigenvalue weighted by molar-refractivity contribution is 5.94. The number of benzene rings is 1. The van der Waals surface area contributed by atoms with E-state index in [-0.39, 0.29) is 5.76 Å². The van der Waals surface area contributed by atoms with Crippen molar-refractivity contribution in [2.75, 3.05) is 7.11 Å². The maximum Gasteiger partial charge on any atom is 0.329 e. The number of methoxy groups -OCH3 is 1. The van der Waals surface area contributed by atoms with Crippen molar-refractivity contribution in [3.8, 4) is 5.75 Å². The zero-order valence-corrected chi connectivity index (χ0v) is 11.7. The standard InChI is InChI=1S/C15H15NO6/c1-21-10-6-4-9(5-7-10)13(17)12(15(19)20)16-14(18)11-3-2-8-22-11/h2-8,12-13,17H,1H3,(H,16,18)(H,19,20). The highest BCUT2D eigenvalue weighted by Gasteiger charge is 2.30. The van der Waals surface area contributed by atoms with E-state index >= 15 is 0 Å². The van der Waals surface area contributed by atoms with Crippen LogP contribution in [0.4, 0.5) is 0 Å². The molecule has 0 bridgehead atoms. The maximum atomic E-state index is 11.9. The largest absolute Gasteiger partial charge is 0.497 e. The molecule has 7 heteroatoms. The summed E-state index contributed by atoms with van der Waals surface area (Å²) >= 11 is 0. The molecular formula is C15H15NO6. The van der Waals surface area contributed by atoms with Crippen molar-refractivity contribution in [1.82, 2.24) is 5.32 Å². The molecule has 116 valence electrons. The number of hydrogen-bond donors (Lipinski definition) is 3. The molecule has 1 aromatic heterocycles. The van der Waals surface area contributed by atoms with Crippen molar-refractivity contribution in [3.63, 3.8) is 0 Å². The van der Waals surface area contributed by atoms with E-state index in [1.54, 1.807) is 12.1 Å². The van der Waals surface area contributed by atoms with Gasteiger partial charge in [-0.2, -0.15) is 0 Å². The molecule has 1 heterocycles. The van der Waals surface area contributed by atoms with Gasteiger partial charge in [0.15, 0.2) is 11.8 Å². The van der Waals surface area contributed by atoms with Crippen LogP contribution in [-0.2, 0) is 4.79 Å². The van der Waals surface area contributed by atoms with Crippen molar-refractivity contribution in [3.05, 3.63) is 54.0 Å². The molecule has 2 aromatic rings. The van der Waals surface area contributed by atoms with Crippen LogP contribution in [0, 0.1) is 0 Å². The first-order valence-electron chi connectivity index (χ1n) is 6.42. The molecule has 0 saturated carbocycles. The quantitative estimate of drug-likeness (QED) is 0.740. The molecule has 0 radical (unpaired) electrons. The number of nitrogens with one attached hydrogen (secondary N) is 1. The lowest BCUT2D eigenvalue weighted by Crippen LogP contribution is -2.44. The number of aliphatic hydroxyl groups is 1. The Hall–Kier alpha value is -2.80. The molecule has 2 unspecified atom stereocenters. The van der Waals surface area contributed by atoms with E-state index in [2.05, 4.69) is 5.32 Å². The molecule has 0 spiro atoms. The number of carboxylic acid groups (broad SMARTS) is 1. The fraction of sp³-hybridized carbons (Fsp3) is 0.200. The Kier molecular flexibility index (Phi) is 4.80. The number of ether oxygens (including phenoxy) is 1. The van der Waals surface area contributed by atoms with Gasteiger partial charge in [-0.15, -0.1) is 0 Å². The van der Waals surface area contributed by atoms with E-state index in [4.69, 9.17) is 9.15 Å². The number of carboxylic acids is 1. The predicted molar refractivity (Wildman–Crippen MR) is 75.6 cm³/mol. The Morgan fingerprint density at radius 1 is 1.23 bits per heavy atom. The number of rotatable bonds is 6. The second-order valence-electron chi connectivity index (χ2n) is 4.48. The van der Waals surface area contributed by atoms with E-state index in [1.165, 1.54) is 37.6 Å². The van der Waals surface area contributed by atoms with Crippen LogP contribution < -0.4 is 10.1 Å². The summed E-state index contributed by atoms with van der Waals surface area (Å²) in [5.74, 6) is -1.54. The minimum atomic E-state index is -1.51. The summed E-state index contributed by atoms with van der Waals surface area (Å²) in [5, 5.41) is 21.6. The van der Waals surface area contributed by atoms with Gasteiger partial charge in [0.05, 0.1) is 13.4 Å². The lowest BCUT2D eigenvalue weighted by Gasteiger charge is -2.20. The molecule has 7 nitrogen and oxygen atoms in total. The molecule has 1 aromatic carbocycles. The van der Waals surface area contributed by atoms with Crippen LogP contribution in [0.15, 0.2) is 47.1 Å². The molecule has 2 atom stereocenters. The highest BCUT2D eigenvalue weighted by atomic mass is 16.5. The van der Waals surface area contributed by atoms with Crippen LogP contribution in [0.5, 0.6) is 5.75 Å². The van der Waals surface area contributed by atoms with Crippen molar-refractivity contribution >= 4 is 11.9 Å². The van der Waals surface area contributed by atoms with Gasteiger partial charge in [-0.1, -0.05) is 12.1 Å². The van der Waals surface area contributed by atoms with E-state index in [1.807, 2.05) is 0 Å². The molecule has 1 amide bonds. The van der Waals surface area contributed by atoms with Crippen LogP contribution in [-0.4, -0.2) is 35.2 Å². The summed E-state index contributed by atoms with van der Waals surface area (Å²) < 4.78 is 9.88. The second-order valence-corrected chi connectivity index (χ2v) is 4.48. The molecule has 2 rings (SSSR count). The van der Waals surface area contributed by atoms with Crippen LogP contribution in [0.2, 0.25) is 0 Å². The maximum absolute atomic E-state index is 11.9. The van der Waals surface area contributed by atoms with Gasteiger partial charge in [0.25, 0.3) is 5.91 Å². The SMILES string of the molecule is COc1ccc(C(O)C(NC(=O)c2ccco2)C(=O)O)cc1. The summed E-state index contributed by atoms with van der Waals surface area (Å²) in [6.07, 6.45) is -0.118. The molecule has 0 aliphatic rings. The molecule has 22 heavy (non-hydrogen) atoms. The average Bonchev–Trinajstić information content (AvgIpc) is 3.06. The second kappa shape index (κ2) is 6.77. The molecule has 0 fully saturated rings. The number of amides is 1. The lowest BCUT2D eigenvalue weighted by atomic mass is 10.0.